The number of carbonyl (C=O) groups is 1. The molecule has 0 radical (unpaired) electrons. The zero-order valence-electron chi connectivity index (χ0n) is 26.6. The number of aliphatic hydroxyl groups is 1. The van der Waals surface area contributed by atoms with Crippen molar-refractivity contribution in [3.8, 4) is 17.2 Å². The lowest BCUT2D eigenvalue weighted by molar-refractivity contribution is -0.118. The number of ether oxygens (including phenoxy) is 1. The molecule has 0 saturated carbocycles. The molecule has 4 N–H and O–H groups in total. The van der Waals surface area contributed by atoms with E-state index in [1.807, 2.05) is 79.1 Å². The monoisotopic (exact) mass is 631 g/mol. The molecule has 4 aromatic carbocycles. The average molecular weight is 632 g/mol. The molecule has 1 amide bonds. The number of primary amides is 1. The van der Waals surface area contributed by atoms with Crippen molar-refractivity contribution < 1.29 is 19.7 Å². The Bertz CT molecular complexity index is 1790. The fourth-order valence-electron chi connectivity index (χ4n) is 6.31. The van der Waals surface area contributed by atoms with Crippen LogP contribution in [0, 0.1) is 0 Å². The van der Waals surface area contributed by atoms with E-state index in [-0.39, 0.29) is 24.1 Å². The minimum absolute atomic E-state index is 0.118. The molecule has 1 aromatic heterocycles. The number of anilines is 2. The second-order valence-corrected chi connectivity index (χ2v) is 12.2. The zero-order valence-corrected chi connectivity index (χ0v) is 26.6. The molecule has 9 heteroatoms. The van der Waals surface area contributed by atoms with E-state index >= 15 is 0 Å². The lowest BCUT2D eigenvalue weighted by atomic mass is 10.1. The molecule has 1 saturated heterocycles. The van der Waals surface area contributed by atoms with Crippen molar-refractivity contribution in [2.75, 3.05) is 29.4 Å². The highest BCUT2D eigenvalue weighted by molar-refractivity contribution is 5.75. The van der Waals surface area contributed by atoms with Crippen molar-refractivity contribution in [3.63, 3.8) is 0 Å². The number of hydrogen-bond acceptors (Lipinski definition) is 7. The van der Waals surface area contributed by atoms with Gasteiger partial charge in [-0.05, 0) is 66.6 Å². The Morgan fingerprint density at radius 1 is 0.915 bits per heavy atom. The SMILES string of the molecule is CC(O)Cc1c(Cc2ccccc2)ncn1Cc1cccc(Oc2ccc(N3CCN(c4cccc(O)c4)C(CC(N)=O)C3)cc2)c1. The van der Waals surface area contributed by atoms with Crippen molar-refractivity contribution in [1.29, 1.82) is 0 Å². The molecule has 1 aliphatic rings. The third kappa shape index (κ3) is 8.12. The van der Waals surface area contributed by atoms with Gasteiger partial charge in [0.25, 0.3) is 0 Å². The Balaban J connectivity index is 1.12. The number of carbonyl (C=O) groups excluding carboxylic acids is 1. The number of rotatable bonds is 12. The van der Waals surface area contributed by atoms with Crippen LogP contribution in [0.5, 0.6) is 17.2 Å². The van der Waals surface area contributed by atoms with E-state index < -0.39 is 6.10 Å². The van der Waals surface area contributed by atoms with Crippen molar-refractivity contribution in [3.05, 3.63) is 132 Å². The van der Waals surface area contributed by atoms with Crippen LogP contribution >= 0.6 is 0 Å². The summed E-state index contributed by atoms with van der Waals surface area (Å²) in [6.07, 6.45) is 2.85. The molecule has 2 heterocycles. The summed E-state index contributed by atoms with van der Waals surface area (Å²) < 4.78 is 8.38. The predicted octanol–water partition coefficient (Wildman–Crippen LogP) is 5.51. The average Bonchev–Trinajstić information content (AvgIpc) is 3.41. The third-order valence-corrected chi connectivity index (χ3v) is 8.51. The minimum atomic E-state index is -0.478. The van der Waals surface area contributed by atoms with Crippen LogP contribution in [-0.4, -0.2) is 57.5 Å². The predicted molar refractivity (Wildman–Crippen MR) is 184 cm³/mol. The quantitative estimate of drug-likeness (QED) is 0.166. The Morgan fingerprint density at radius 2 is 1.68 bits per heavy atom. The number of aromatic hydroxyl groups is 1. The first kappa shape index (κ1) is 31.7. The van der Waals surface area contributed by atoms with Crippen LogP contribution in [0.1, 0.15) is 35.9 Å². The van der Waals surface area contributed by atoms with Crippen molar-refractivity contribution >= 4 is 17.3 Å². The van der Waals surface area contributed by atoms with E-state index in [4.69, 9.17) is 15.5 Å². The van der Waals surface area contributed by atoms with Gasteiger partial charge in [-0.3, -0.25) is 4.79 Å². The van der Waals surface area contributed by atoms with Gasteiger partial charge in [-0.25, -0.2) is 4.98 Å². The summed E-state index contributed by atoms with van der Waals surface area (Å²) in [5, 5.41) is 20.2. The molecular weight excluding hydrogens is 590 g/mol. The number of nitrogens with zero attached hydrogens (tertiary/aromatic N) is 4. The van der Waals surface area contributed by atoms with E-state index in [1.54, 1.807) is 19.1 Å². The van der Waals surface area contributed by atoms with Crippen molar-refractivity contribution in [2.24, 2.45) is 5.73 Å². The fourth-order valence-corrected chi connectivity index (χ4v) is 6.31. The van der Waals surface area contributed by atoms with Gasteiger partial charge < -0.3 is 35.1 Å². The highest BCUT2D eigenvalue weighted by atomic mass is 16.5. The highest BCUT2D eigenvalue weighted by Crippen LogP contribution is 2.30. The molecule has 1 aliphatic heterocycles. The van der Waals surface area contributed by atoms with E-state index in [0.717, 1.165) is 46.4 Å². The Kier molecular flexibility index (Phi) is 9.73. The van der Waals surface area contributed by atoms with E-state index in [0.29, 0.717) is 32.5 Å². The van der Waals surface area contributed by atoms with Gasteiger partial charge in [0.15, 0.2) is 0 Å². The summed E-state index contributed by atoms with van der Waals surface area (Å²) in [7, 11) is 0. The number of amides is 1. The van der Waals surface area contributed by atoms with Crippen LogP contribution in [0.4, 0.5) is 11.4 Å². The molecule has 2 unspecified atom stereocenters. The molecule has 0 bridgehead atoms. The number of imidazole rings is 1. The smallest absolute Gasteiger partial charge is 0.219 e. The first-order chi connectivity index (χ1) is 22.8. The number of piperazine rings is 1. The largest absolute Gasteiger partial charge is 0.508 e. The lowest BCUT2D eigenvalue weighted by Crippen LogP contribution is -2.54. The molecule has 5 aromatic rings. The van der Waals surface area contributed by atoms with E-state index in [9.17, 15) is 15.0 Å². The number of nitrogens with two attached hydrogens (primary N) is 1. The molecule has 6 rings (SSSR count). The van der Waals surface area contributed by atoms with Gasteiger partial charge in [-0.1, -0.05) is 48.5 Å². The fraction of sp³-hybridized carbons (Fsp3) is 0.263. The number of aliphatic hydroxyl groups excluding tert-OH is 1. The van der Waals surface area contributed by atoms with E-state index in [1.165, 1.54) is 5.56 Å². The molecule has 0 aliphatic carbocycles. The topological polar surface area (TPSA) is 117 Å². The summed E-state index contributed by atoms with van der Waals surface area (Å²) in [6.45, 7) is 4.49. The second kappa shape index (κ2) is 14.4. The number of phenolic OH excluding ortho intramolecular Hbond substituents is 1. The van der Waals surface area contributed by atoms with Crippen LogP contribution in [0.3, 0.4) is 0 Å². The first-order valence-corrected chi connectivity index (χ1v) is 16.0. The summed E-state index contributed by atoms with van der Waals surface area (Å²) in [5.74, 6) is 1.30. The second-order valence-electron chi connectivity index (χ2n) is 12.2. The van der Waals surface area contributed by atoms with Crippen LogP contribution in [-0.2, 0) is 24.2 Å². The van der Waals surface area contributed by atoms with Crippen LogP contribution in [0.2, 0.25) is 0 Å². The maximum atomic E-state index is 11.9. The molecule has 1 fully saturated rings. The molecule has 9 nitrogen and oxygen atoms in total. The molecular formula is C38H41N5O4. The highest BCUT2D eigenvalue weighted by Gasteiger charge is 2.29. The maximum absolute atomic E-state index is 11.9. The van der Waals surface area contributed by atoms with Crippen LogP contribution in [0.15, 0.2) is 109 Å². The standard InChI is InChI=1S/C38H41N5O4/c1-27(44)19-37-36(21-28-7-3-2-4-8-28)40-26-42(37)24-29-9-5-12-35(20-29)47-34-15-13-30(14-16-34)41-17-18-43(32(25-41)23-38(39)46)31-10-6-11-33(45)22-31/h2-16,20,22,26-27,32,44-45H,17-19,21,23-25H2,1H3,(H2,39,46). The normalized spacial score (nSPS) is 15.4. The van der Waals surface area contributed by atoms with Gasteiger partial charge in [-0.2, -0.15) is 0 Å². The number of aromatic nitrogens is 2. The molecule has 242 valence electrons. The van der Waals surface area contributed by atoms with Gasteiger partial charge in [0.2, 0.25) is 5.91 Å². The van der Waals surface area contributed by atoms with Gasteiger partial charge in [-0.15, -0.1) is 0 Å². The van der Waals surface area contributed by atoms with Gasteiger partial charge in [0.05, 0.1) is 24.2 Å². The minimum Gasteiger partial charge on any atom is -0.508 e. The zero-order chi connectivity index (χ0) is 32.8. The molecule has 2 atom stereocenters. The number of benzene rings is 4. The van der Waals surface area contributed by atoms with Gasteiger partial charge >= 0.3 is 0 Å². The number of hydrogen-bond donors (Lipinski definition) is 3. The van der Waals surface area contributed by atoms with Gasteiger partial charge in [0.1, 0.15) is 17.2 Å². The lowest BCUT2D eigenvalue weighted by Gasteiger charge is -2.43. The Hall–Kier alpha value is -5.28. The summed E-state index contributed by atoms with van der Waals surface area (Å²) in [5.41, 5.74) is 11.8. The van der Waals surface area contributed by atoms with Crippen molar-refractivity contribution in [2.45, 2.75) is 44.9 Å². The molecule has 47 heavy (non-hydrogen) atoms. The Labute approximate surface area is 275 Å². The first-order valence-electron chi connectivity index (χ1n) is 16.0. The number of phenols is 1. The van der Waals surface area contributed by atoms with Crippen molar-refractivity contribution in [1.82, 2.24) is 9.55 Å². The van der Waals surface area contributed by atoms with E-state index in [2.05, 4.69) is 32.6 Å². The maximum Gasteiger partial charge on any atom is 0.219 e. The summed E-state index contributed by atoms with van der Waals surface area (Å²) in [6, 6.07) is 33.3. The van der Waals surface area contributed by atoms with Crippen LogP contribution < -0.4 is 20.3 Å². The third-order valence-electron chi connectivity index (χ3n) is 8.51. The Morgan fingerprint density at radius 3 is 2.43 bits per heavy atom. The van der Waals surface area contributed by atoms with Gasteiger partial charge in [0, 0.05) is 68.6 Å². The summed E-state index contributed by atoms with van der Waals surface area (Å²) >= 11 is 0. The molecule has 0 spiro atoms. The van der Waals surface area contributed by atoms with Crippen LogP contribution in [0.25, 0.3) is 0 Å². The summed E-state index contributed by atoms with van der Waals surface area (Å²) in [4.78, 5) is 21.0.